The van der Waals surface area contributed by atoms with Gasteiger partial charge in [-0.2, -0.15) is 5.26 Å². The summed E-state index contributed by atoms with van der Waals surface area (Å²) in [5.74, 6) is -0.993. The molecule has 20 heavy (non-hydrogen) atoms. The van der Waals surface area contributed by atoms with Crippen LogP contribution >= 0.6 is 12.6 Å². The molecule has 0 aliphatic carbocycles. The first-order chi connectivity index (χ1) is 9.60. The molecule has 1 atom stereocenters. The molecule has 2 rings (SSSR count). The summed E-state index contributed by atoms with van der Waals surface area (Å²) in [5, 5.41) is 12.7. The van der Waals surface area contributed by atoms with E-state index in [0.29, 0.717) is 21.9 Å². The van der Waals surface area contributed by atoms with Gasteiger partial charge in [0.25, 0.3) is 0 Å². The summed E-state index contributed by atoms with van der Waals surface area (Å²) in [6.45, 7) is 1.75. The van der Waals surface area contributed by atoms with Gasteiger partial charge in [0.2, 0.25) is 0 Å². The van der Waals surface area contributed by atoms with Crippen LogP contribution < -0.4 is 5.32 Å². The predicted molar refractivity (Wildman–Crippen MR) is 76.5 cm³/mol. The van der Waals surface area contributed by atoms with Crippen molar-refractivity contribution < 1.29 is 9.53 Å². The number of aromatic nitrogens is 1. The van der Waals surface area contributed by atoms with E-state index in [-0.39, 0.29) is 0 Å². The molecule has 0 amide bonds. The van der Waals surface area contributed by atoms with E-state index >= 15 is 0 Å². The number of methoxy groups -OCH3 is 1. The maximum atomic E-state index is 12.0. The summed E-state index contributed by atoms with van der Waals surface area (Å²) in [7, 11) is 1.31. The van der Waals surface area contributed by atoms with Gasteiger partial charge in [0.15, 0.2) is 0 Å². The molecule has 102 valence electrons. The van der Waals surface area contributed by atoms with Gasteiger partial charge in [-0.3, -0.25) is 4.98 Å². The minimum absolute atomic E-state index is 0.368. The molecule has 1 aliphatic rings. The fourth-order valence-electron chi connectivity index (χ4n) is 2.19. The number of hydrogen-bond donors (Lipinski definition) is 2. The van der Waals surface area contributed by atoms with Crippen molar-refractivity contribution in [3.63, 3.8) is 0 Å². The van der Waals surface area contributed by atoms with Gasteiger partial charge in [0, 0.05) is 18.1 Å². The first-order valence-electron chi connectivity index (χ1n) is 5.89. The quantitative estimate of drug-likeness (QED) is 0.641. The lowest BCUT2D eigenvalue weighted by Gasteiger charge is -2.27. The van der Waals surface area contributed by atoms with Gasteiger partial charge in [-0.15, -0.1) is 12.6 Å². The monoisotopic (exact) mass is 287 g/mol. The first kappa shape index (κ1) is 14.2. The summed E-state index contributed by atoms with van der Waals surface area (Å²) in [5.41, 5.74) is 2.13. The fraction of sp³-hybridized carbons (Fsp3) is 0.214. The molecule has 6 heteroatoms. The fourth-order valence-corrected chi connectivity index (χ4v) is 2.54. The number of nitrogens with zero attached hydrogens (tertiary/aromatic N) is 2. The normalized spacial score (nSPS) is 18.4. The maximum Gasteiger partial charge on any atom is 0.336 e. The van der Waals surface area contributed by atoms with Gasteiger partial charge in [-0.1, -0.05) is 6.07 Å². The molecule has 0 bridgehead atoms. The van der Waals surface area contributed by atoms with Crippen molar-refractivity contribution in [2.75, 3.05) is 7.11 Å². The molecule has 5 nitrogen and oxygen atoms in total. The molecule has 0 aromatic carbocycles. The van der Waals surface area contributed by atoms with Gasteiger partial charge in [-0.05, 0) is 18.6 Å². The van der Waals surface area contributed by atoms with Gasteiger partial charge in [0.05, 0.1) is 35.3 Å². The van der Waals surface area contributed by atoms with Crippen LogP contribution in [0.1, 0.15) is 18.4 Å². The van der Waals surface area contributed by atoms with Crippen LogP contribution in [-0.4, -0.2) is 18.1 Å². The zero-order valence-corrected chi connectivity index (χ0v) is 11.9. The number of carbonyl (C=O) groups is 1. The molecule has 0 saturated heterocycles. The molecular weight excluding hydrogens is 274 g/mol. The lowest BCUT2D eigenvalue weighted by Crippen LogP contribution is -2.27. The first-order valence-corrected chi connectivity index (χ1v) is 6.34. The maximum absolute atomic E-state index is 12.0. The summed E-state index contributed by atoms with van der Waals surface area (Å²) in [4.78, 5) is 16.1. The number of esters is 1. The highest BCUT2D eigenvalue weighted by atomic mass is 32.1. The minimum atomic E-state index is -0.519. The van der Waals surface area contributed by atoms with Crippen LogP contribution in [0.15, 0.2) is 46.4 Å². The van der Waals surface area contributed by atoms with E-state index < -0.39 is 11.9 Å². The Morgan fingerprint density at radius 1 is 1.60 bits per heavy atom. The van der Waals surface area contributed by atoms with E-state index in [1.54, 1.807) is 25.4 Å². The third kappa shape index (κ3) is 2.40. The average molecular weight is 287 g/mol. The van der Waals surface area contributed by atoms with Crippen LogP contribution in [0, 0.1) is 11.3 Å². The molecule has 1 unspecified atom stereocenters. The number of dihydropyridines is 1. The molecule has 1 N–H and O–H groups in total. The summed E-state index contributed by atoms with van der Waals surface area (Å²) < 4.78 is 4.83. The van der Waals surface area contributed by atoms with Crippen molar-refractivity contribution in [3.8, 4) is 6.07 Å². The Labute approximate surface area is 122 Å². The number of hydrogen-bond acceptors (Lipinski definition) is 6. The highest BCUT2D eigenvalue weighted by molar-refractivity contribution is 7.84. The number of carbonyl (C=O) groups excluding carboxylic acids is 1. The number of ether oxygens (including phenoxy) is 1. The van der Waals surface area contributed by atoms with Gasteiger partial charge in [-0.25, -0.2) is 4.79 Å². The van der Waals surface area contributed by atoms with Crippen molar-refractivity contribution in [1.29, 1.82) is 5.26 Å². The second-order valence-electron chi connectivity index (χ2n) is 4.25. The third-order valence-corrected chi connectivity index (χ3v) is 3.44. The Morgan fingerprint density at radius 2 is 2.35 bits per heavy atom. The van der Waals surface area contributed by atoms with Crippen LogP contribution in [0.4, 0.5) is 0 Å². The van der Waals surface area contributed by atoms with Gasteiger partial charge < -0.3 is 10.1 Å². The Kier molecular flexibility index (Phi) is 4.11. The van der Waals surface area contributed by atoms with Crippen LogP contribution in [0.25, 0.3) is 0 Å². The van der Waals surface area contributed by atoms with E-state index in [1.165, 1.54) is 7.11 Å². The van der Waals surface area contributed by atoms with E-state index in [0.717, 1.165) is 5.56 Å². The average Bonchev–Trinajstić information content (AvgIpc) is 2.46. The smallest absolute Gasteiger partial charge is 0.336 e. The number of nitriles is 1. The molecule has 0 radical (unpaired) electrons. The second-order valence-corrected chi connectivity index (χ2v) is 4.70. The third-order valence-electron chi connectivity index (χ3n) is 3.09. The van der Waals surface area contributed by atoms with Crippen LogP contribution in [-0.2, 0) is 9.53 Å². The zero-order valence-electron chi connectivity index (χ0n) is 11.0. The van der Waals surface area contributed by atoms with Crippen molar-refractivity contribution in [3.05, 3.63) is 52.0 Å². The highest BCUT2D eigenvalue weighted by Gasteiger charge is 2.34. The van der Waals surface area contributed by atoms with E-state index in [9.17, 15) is 10.1 Å². The van der Waals surface area contributed by atoms with E-state index in [2.05, 4.69) is 29.0 Å². The van der Waals surface area contributed by atoms with Crippen molar-refractivity contribution in [1.82, 2.24) is 10.3 Å². The Balaban J connectivity index is 2.63. The topological polar surface area (TPSA) is 75.0 Å². The SMILES string of the molecule is COC(=O)C1=C(C)NC(S)=C(C#N)C1c1cccnc1. The molecule has 0 saturated carbocycles. The summed E-state index contributed by atoms with van der Waals surface area (Å²) in [6, 6.07) is 5.68. The number of nitrogens with one attached hydrogen (secondary N) is 1. The molecular formula is C14H13N3O2S. The highest BCUT2D eigenvalue weighted by Crippen LogP contribution is 2.38. The number of thiol groups is 1. The van der Waals surface area contributed by atoms with E-state index in [4.69, 9.17) is 4.74 Å². The second kappa shape index (κ2) is 5.80. The molecule has 2 heterocycles. The van der Waals surface area contributed by atoms with Crippen molar-refractivity contribution in [2.45, 2.75) is 12.8 Å². The minimum Gasteiger partial charge on any atom is -0.466 e. The molecule has 0 spiro atoms. The molecule has 1 aromatic heterocycles. The number of allylic oxidation sites excluding steroid dienone is 2. The molecule has 0 fully saturated rings. The zero-order chi connectivity index (χ0) is 14.7. The van der Waals surface area contributed by atoms with Gasteiger partial charge in [0.1, 0.15) is 0 Å². The van der Waals surface area contributed by atoms with Crippen LogP contribution in [0.2, 0.25) is 0 Å². The van der Waals surface area contributed by atoms with Crippen molar-refractivity contribution in [2.24, 2.45) is 0 Å². The predicted octanol–water partition coefficient (Wildman–Crippen LogP) is 1.88. The van der Waals surface area contributed by atoms with Crippen LogP contribution in [0.3, 0.4) is 0 Å². The largest absolute Gasteiger partial charge is 0.466 e. The summed E-state index contributed by atoms with van der Waals surface area (Å²) >= 11 is 4.28. The number of pyridine rings is 1. The van der Waals surface area contributed by atoms with Crippen LogP contribution in [0.5, 0.6) is 0 Å². The van der Waals surface area contributed by atoms with Gasteiger partial charge >= 0.3 is 5.97 Å². The molecule has 1 aromatic rings. The summed E-state index contributed by atoms with van der Waals surface area (Å²) in [6.07, 6.45) is 3.26. The molecule has 1 aliphatic heterocycles. The Bertz CT molecular complexity index is 644. The lowest BCUT2D eigenvalue weighted by molar-refractivity contribution is -0.136. The Hall–Kier alpha value is -2.26. The Morgan fingerprint density at radius 3 is 2.90 bits per heavy atom. The van der Waals surface area contributed by atoms with Crippen molar-refractivity contribution >= 4 is 18.6 Å². The van der Waals surface area contributed by atoms with E-state index in [1.807, 2.05) is 6.07 Å². The number of rotatable bonds is 2. The standard InChI is InChI=1S/C14H13N3O2S/c1-8-11(14(18)19-2)12(9-4-3-5-16-7-9)10(6-15)13(20)17-8/h3-5,7,12,17,20H,1-2H3. The lowest BCUT2D eigenvalue weighted by atomic mass is 9.83.